The van der Waals surface area contributed by atoms with Gasteiger partial charge in [0.2, 0.25) is 0 Å². The minimum atomic E-state index is 0.240. The average Bonchev–Trinajstić information content (AvgIpc) is 2.90. The molecule has 0 fully saturated rings. The van der Waals surface area contributed by atoms with Crippen LogP contribution in [0.3, 0.4) is 0 Å². The van der Waals surface area contributed by atoms with Crippen LogP contribution in [0.25, 0.3) is 11.4 Å². The van der Waals surface area contributed by atoms with Gasteiger partial charge in [0.05, 0.1) is 5.69 Å². The number of aromatic hydroxyl groups is 1. The number of aromatic nitrogens is 2. The lowest BCUT2D eigenvalue weighted by Gasteiger charge is -2.03. The maximum Gasteiger partial charge on any atom is 0.268 e. The lowest BCUT2D eigenvalue weighted by molar-refractivity contribution is -0.599. The first-order valence-corrected chi connectivity index (χ1v) is 5.71. The number of benzene rings is 2. The van der Waals surface area contributed by atoms with Crippen molar-refractivity contribution in [3.05, 3.63) is 73.3 Å². The molecule has 0 amide bonds. The van der Waals surface area contributed by atoms with Crippen molar-refractivity contribution in [1.82, 2.24) is 4.57 Å². The molecule has 0 aliphatic carbocycles. The number of rotatable bonds is 2. The minimum Gasteiger partial charge on any atom is -0.511 e. The molecule has 1 N–H and O–H groups in total. The van der Waals surface area contributed by atoms with Gasteiger partial charge < -0.3 is 5.11 Å². The molecule has 0 saturated heterocycles. The quantitative estimate of drug-likeness (QED) is 0.536. The van der Waals surface area contributed by atoms with Crippen LogP contribution in [-0.4, -0.2) is 9.67 Å². The molecule has 3 nitrogen and oxygen atoms in total. The van der Waals surface area contributed by atoms with E-state index in [2.05, 4.69) is 6.33 Å². The van der Waals surface area contributed by atoms with Gasteiger partial charge in [-0.2, -0.15) is 0 Å². The number of phenolic OH excluding ortho intramolecular Hbond substituents is 1. The SMILES string of the molecule is Oc1ccccc1-[n+]1[c-]n(-c2ccccc2)cc1. The smallest absolute Gasteiger partial charge is 0.268 e. The van der Waals surface area contributed by atoms with Crippen molar-refractivity contribution in [3.8, 4) is 17.1 Å². The number of para-hydroxylation sites is 3. The van der Waals surface area contributed by atoms with Crippen molar-refractivity contribution >= 4 is 0 Å². The lowest BCUT2D eigenvalue weighted by atomic mass is 10.3. The minimum absolute atomic E-state index is 0.240. The second-order valence-corrected chi connectivity index (χ2v) is 3.96. The number of imidazole rings is 1. The van der Waals surface area contributed by atoms with Gasteiger partial charge in [0.25, 0.3) is 6.33 Å². The molecule has 88 valence electrons. The van der Waals surface area contributed by atoms with Crippen molar-refractivity contribution in [3.63, 3.8) is 0 Å². The summed E-state index contributed by atoms with van der Waals surface area (Å²) in [6, 6.07) is 17.1. The zero-order chi connectivity index (χ0) is 12.4. The Hall–Kier alpha value is -2.55. The van der Waals surface area contributed by atoms with Gasteiger partial charge in [0.1, 0.15) is 11.4 Å². The van der Waals surface area contributed by atoms with Crippen molar-refractivity contribution < 1.29 is 9.67 Å². The molecule has 0 radical (unpaired) electrons. The maximum absolute atomic E-state index is 9.79. The van der Waals surface area contributed by atoms with Gasteiger partial charge in [-0.1, -0.05) is 30.3 Å². The zero-order valence-electron chi connectivity index (χ0n) is 9.69. The Bertz CT molecular complexity index is 659. The van der Waals surface area contributed by atoms with Crippen LogP contribution in [0, 0.1) is 6.33 Å². The summed E-state index contributed by atoms with van der Waals surface area (Å²) >= 11 is 0. The molecule has 0 spiro atoms. The predicted molar refractivity (Wildman–Crippen MR) is 67.8 cm³/mol. The fraction of sp³-hybridized carbons (Fsp3) is 0. The van der Waals surface area contributed by atoms with Gasteiger partial charge in [-0.25, -0.2) is 0 Å². The van der Waals surface area contributed by atoms with Crippen molar-refractivity contribution in [2.75, 3.05) is 0 Å². The molecule has 0 saturated carbocycles. The Kier molecular flexibility index (Phi) is 2.57. The molecule has 2 aromatic carbocycles. The van der Waals surface area contributed by atoms with Crippen molar-refractivity contribution in [2.45, 2.75) is 0 Å². The van der Waals surface area contributed by atoms with E-state index >= 15 is 0 Å². The fourth-order valence-electron chi connectivity index (χ4n) is 1.85. The Morgan fingerprint density at radius 2 is 1.67 bits per heavy atom. The van der Waals surface area contributed by atoms with Crippen LogP contribution in [-0.2, 0) is 0 Å². The Labute approximate surface area is 105 Å². The Balaban J connectivity index is 2.03. The molecular formula is C15H12N2O. The molecule has 3 aromatic rings. The summed E-state index contributed by atoms with van der Waals surface area (Å²) in [5, 5.41) is 9.79. The Morgan fingerprint density at radius 3 is 2.44 bits per heavy atom. The standard InChI is InChI=1S/C15H12N2O/c18-15-9-5-4-8-14(15)17-11-10-16(12-17)13-6-2-1-3-7-13/h1-11,18H. The second kappa shape index (κ2) is 4.37. The topological polar surface area (TPSA) is 29.0 Å². The number of phenols is 1. The summed E-state index contributed by atoms with van der Waals surface area (Å²) in [4.78, 5) is 0. The molecule has 3 rings (SSSR count). The second-order valence-electron chi connectivity index (χ2n) is 3.96. The van der Waals surface area contributed by atoms with E-state index in [0.717, 1.165) is 5.69 Å². The molecular weight excluding hydrogens is 224 g/mol. The van der Waals surface area contributed by atoms with Crippen molar-refractivity contribution in [2.24, 2.45) is 0 Å². The molecule has 0 bridgehead atoms. The fourth-order valence-corrected chi connectivity index (χ4v) is 1.85. The van der Waals surface area contributed by atoms with Gasteiger partial charge in [0, 0.05) is 12.4 Å². The van der Waals surface area contributed by atoms with Crippen LogP contribution in [0.2, 0.25) is 0 Å². The monoisotopic (exact) mass is 236 g/mol. The highest BCUT2D eigenvalue weighted by molar-refractivity contribution is 5.38. The molecule has 0 aliphatic heterocycles. The van der Waals surface area contributed by atoms with Crippen LogP contribution < -0.4 is 4.57 Å². The third-order valence-electron chi connectivity index (χ3n) is 2.76. The van der Waals surface area contributed by atoms with Gasteiger partial charge >= 0.3 is 0 Å². The van der Waals surface area contributed by atoms with E-state index in [4.69, 9.17) is 0 Å². The van der Waals surface area contributed by atoms with E-state index in [1.54, 1.807) is 16.7 Å². The van der Waals surface area contributed by atoms with Crippen LogP contribution in [0.15, 0.2) is 67.0 Å². The summed E-state index contributed by atoms with van der Waals surface area (Å²) in [6.45, 7) is 0. The van der Waals surface area contributed by atoms with E-state index in [0.29, 0.717) is 5.69 Å². The normalized spacial score (nSPS) is 10.4. The summed E-state index contributed by atoms with van der Waals surface area (Å²) in [5.74, 6) is 0.240. The highest BCUT2D eigenvalue weighted by Gasteiger charge is 2.05. The van der Waals surface area contributed by atoms with E-state index < -0.39 is 0 Å². The number of hydrogen-bond acceptors (Lipinski definition) is 1. The first-order chi connectivity index (χ1) is 8.84. The van der Waals surface area contributed by atoms with Crippen molar-refractivity contribution in [1.29, 1.82) is 0 Å². The molecule has 0 atom stereocenters. The van der Waals surface area contributed by atoms with E-state index in [1.165, 1.54) is 0 Å². The maximum atomic E-state index is 9.79. The molecule has 0 aliphatic rings. The molecule has 18 heavy (non-hydrogen) atoms. The van der Waals surface area contributed by atoms with E-state index in [1.807, 2.05) is 59.4 Å². The largest absolute Gasteiger partial charge is 0.511 e. The van der Waals surface area contributed by atoms with Crippen LogP contribution in [0.4, 0.5) is 0 Å². The number of hydrogen-bond donors (Lipinski definition) is 1. The summed E-state index contributed by atoms with van der Waals surface area (Å²) in [5.41, 5.74) is 1.75. The summed E-state index contributed by atoms with van der Waals surface area (Å²) in [7, 11) is 0. The first kappa shape index (κ1) is 10.6. The molecule has 1 aromatic heterocycles. The highest BCUT2D eigenvalue weighted by atomic mass is 16.3. The highest BCUT2D eigenvalue weighted by Crippen LogP contribution is 2.15. The van der Waals surface area contributed by atoms with E-state index in [-0.39, 0.29) is 5.75 Å². The van der Waals surface area contributed by atoms with Crippen LogP contribution in [0.1, 0.15) is 0 Å². The van der Waals surface area contributed by atoms with Gasteiger partial charge in [0.15, 0.2) is 0 Å². The van der Waals surface area contributed by atoms with Gasteiger partial charge in [-0.05, 0) is 24.3 Å². The summed E-state index contributed by atoms with van der Waals surface area (Å²) in [6.07, 6.45) is 6.93. The summed E-state index contributed by atoms with van der Waals surface area (Å²) < 4.78 is 3.65. The average molecular weight is 236 g/mol. The third kappa shape index (κ3) is 1.86. The van der Waals surface area contributed by atoms with Crippen LogP contribution in [0.5, 0.6) is 5.75 Å². The lowest BCUT2D eigenvalue weighted by Crippen LogP contribution is -2.28. The number of nitrogens with zero attached hydrogens (tertiary/aromatic N) is 2. The molecule has 1 heterocycles. The van der Waals surface area contributed by atoms with Gasteiger partial charge in [-0.15, -0.1) is 0 Å². The molecule has 0 unspecified atom stereocenters. The van der Waals surface area contributed by atoms with Crippen LogP contribution >= 0.6 is 0 Å². The van der Waals surface area contributed by atoms with E-state index in [9.17, 15) is 5.11 Å². The Morgan fingerprint density at radius 1 is 0.944 bits per heavy atom. The van der Waals surface area contributed by atoms with Gasteiger partial charge in [-0.3, -0.25) is 9.13 Å². The first-order valence-electron chi connectivity index (χ1n) is 5.71. The zero-order valence-corrected chi connectivity index (χ0v) is 9.69. The predicted octanol–water partition coefficient (Wildman–Crippen LogP) is 2.26. The third-order valence-corrected chi connectivity index (χ3v) is 2.76. The molecule has 3 heteroatoms.